The maximum atomic E-state index is 11.6. The normalized spacial score (nSPS) is 11.5. The van der Waals surface area contributed by atoms with E-state index in [-0.39, 0.29) is 0 Å². The van der Waals surface area contributed by atoms with E-state index in [1.54, 1.807) is 18.2 Å². The fourth-order valence-corrected chi connectivity index (χ4v) is 2.84. The van der Waals surface area contributed by atoms with Gasteiger partial charge in [0.1, 0.15) is 0 Å². The van der Waals surface area contributed by atoms with Crippen LogP contribution >= 0.6 is 0 Å². The van der Waals surface area contributed by atoms with Crippen molar-refractivity contribution in [1.29, 1.82) is 0 Å². The fourth-order valence-electron chi connectivity index (χ4n) is 2.18. The number of nitrogens with one attached hydrogen (secondary N) is 1. The molecule has 2 aromatic carbocycles. The lowest BCUT2D eigenvalue weighted by atomic mass is 10.0. The van der Waals surface area contributed by atoms with E-state index in [9.17, 15) is 8.42 Å². The van der Waals surface area contributed by atoms with Gasteiger partial charge in [-0.25, -0.2) is 8.42 Å². The van der Waals surface area contributed by atoms with Crippen LogP contribution in [0.15, 0.2) is 53.4 Å². The van der Waals surface area contributed by atoms with Crippen LogP contribution in [0, 0.1) is 0 Å². The Kier molecular flexibility index (Phi) is 5.15. The first-order valence-electron chi connectivity index (χ1n) is 7.11. The Morgan fingerprint density at radius 3 is 2.33 bits per heavy atom. The van der Waals surface area contributed by atoms with E-state index >= 15 is 0 Å². The Balaban J connectivity index is 2.28. The molecule has 4 heteroatoms. The van der Waals surface area contributed by atoms with Crippen molar-refractivity contribution in [2.24, 2.45) is 0 Å². The Hall–Kier alpha value is -1.65. The summed E-state index contributed by atoms with van der Waals surface area (Å²) in [7, 11) is -3.17. The summed E-state index contributed by atoms with van der Waals surface area (Å²) in [5.74, 6) is 0. The average molecular weight is 303 g/mol. The van der Waals surface area contributed by atoms with Crippen molar-refractivity contribution in [3.8, 4) is 11.1 Å². The molecule has 0 aromatic heterocycles. The van der Waals surface area contributed by atoms with Gasteiger partial charge in [-0.1, -0.05) is 37.3 Å². The summed E-state index contributed by atoms with van der Waals surface area (Å²) in [6, 6.07) is 15.3. The smallest absolute Gasteiger partial charge is 0.175 e. The zero-order chi connectivity index (χ0) is 15.3. The second-order valence-electron chi connectivity index (χ2n) is 5.18. The summed E-state index contributed by atoms with van der Waals surface area (Å²) < 4.78 is 23.3. The Morgan fingerprint density at radius 1 is 1.00 bits per heavy atom. The molecule has 0 radical (unpaired) electrons. The van der Waals surface area contributed by atoms with Gasteiger partial charge in [0.05, 0.1) is 4.90 Å². The zero-order valence-electron chi connectivity index (χ0n) is 12.5. The van der Waals surface area contributed by atoms with Crippen LogP contribution in [0.1, 0.15) is 18.9 Å². The van der Waals surface area contributed by atoms with Crippen LogP contribution in [0.4, 0.5) is 0 Å². The molecule has 21 heavy (non-hydrogen) atoms. The lowest BCUT2D eigenvalue weighted by Gasteiger charge is -2.08. The number of hydrogen-bond acceptors (Lipinski definition) is 3. The van der Waals surface area contributed by atoms with Crippen molar-refractivity contribution < 1.29 is 8.42 Å². The van der Waals surface area contributed by atoms with E-state index in [0.29, 0.717) is 4.90 Å². The molecule has 3 nitrogen and oxygen atoms in total. The van der Waals surface area contributed by atoms with Crippen LogP contribution in [-0.2, 0) is 16.4 Å². The molecule has 0 saturated carbocycles. The average Bonchev–Trinajstić information content (AvgIpc) is 2.47. The van der Waals surface area contributed by atoms with Crippen molar-refractivity contribution in [3.63, 3.8) is 0 Å². The van der Waals surface area contributed by atoms with E-state index in [0.717, 1.165) is 30.6 Å². The lowest BCUT2D eigenvalue weighted by molar-refractivity contribution is 0.602. The molecule has 0 saturated heterocycles. The van der Waals surface area contributed by atoms with Crippen LogP contribution in [0.5, 0.6) is 0 Å². The Labute approximate surface area is 126 Å². The molecule has 0 aliphatic carbocycles. The highest BCUT2D eigenvalue weighted by Gasteiger charge is 2.08. The van der Waals surface area contributed by atoms with Gasteiger partial charge in [0.15, 0.2) is 9.84 Å². The van der Waals surface area contributed by atoms with E-state index in [1.165, 1.54) is 11.8 Å². The molecule has 2 aromatic rings. The molecule has 2 rings (SSSR count). The molecule has 0 aliphatic rings. The van der Waals surface area contributed by atoms with Gasteiger partial charge < -0.3 is 5.32 Å². The van der Waals surface area contributed by atoms with Crippen LogP contribution in [-0.4, -0.2) is 21.2 Å². The predicted octanol–water partition coefficient (Wildman–Crippen LogP) is 3.26. The zero-order valence-corrected chi connectivity index (χ0v) is 13.3. The van der Waals surface area contributed by atoms with E-state index in [1.807, 2.05) is 18.2 Å². The summed E-state index contributed by atoms with van der Waals surface area (Å²) in [5, 5.41) is 3.37. The van der Waals surface area contributed by atoms with Crippen LogP contribution < -0.4 is 5.32 Å². The largest absolute Gasteiger partial charge is 0.313 e. The number of sulfone groups is 1. The van der Waals surface area contributed by atoms with E-state index in [4.69, 9.17) is 0 Å². The topological polar surface area (TPSA) is 46.2 Å². The van der Waals surface area contributed by atoms with Crippen molar-refractivity contribution >= 4 is 9.84 Å². The molecule has 0 unspecified atom stereocenters. The first-order valence-corrected chi connectivity index (χ1v) is 9.00. The summed E-state index contributed by atoms with van der Waals surface area (Å²) in [6.45, 7) is 3.96. The van der Waals surface area contributed by atoms with Crippen molar-refractivity contribution in [2.45, 2.75) is 24.8 Å². The molecule has 0 heterocycles. The molecule has 0 amide bonds. The summed E-state index contributed by atoms with van der Waals surface area (Å²) in [5.41, 5.74) is 3.16. The molecule has 0 aliphatic heterocycles. The monoisotopic (exact) mass is 303 g/mol. The molecule has 0 bridgehead atoms. The van der Waals surface area contributed by atoms with Gasteiger partial charge in [-0.2, -0.15) is 0 Å². The highest BCUT2D eigenvalue weighted by Crippen LogP contribution is 2.23. The van der Waals surface area contributed by atoms with Gasteiger partial charge in [-0.15, -0.1) is 0 Å². The number of benzene rings is 2. The van der Waals surface area contributed by atoms with E-state index in [2.05, 4.69) is 24.4 Å². The molecule has 112 valence electrons. The van der Waals surface area contributed by atoms with Gasteiger partial charge in [-0.3, -0.25) is 0 Å². The Bertz CT molecular complexity index is 708. The van der Waals surface area contributed by atoms with Gasteiger partial charge in [0.2, 0.25) is 0 Å². The highest BCUT2D eigenvalue weighted by atomic mass is 32.2. The predicted molar refractivity (Wildman–Crippen MR) is 87.0 cm³/mol. The second-order valence-corrected chi connectivity index (χ2v) is 7.19. The second kappa shape index (κ2) is 6.87. The minimum Gasteiger partial charge on any atom is -0.313 e. The summed E-state index contributed by atoms with van der Waals surface area (Å²) in [4.78, 5) is 0.356. The first-order chi connectivity index (χ1) is 10.0. The third-order valence-electron chi connectivity index (χ3n) is 3.28. The summed E-state index contributed by atoms with van der Waals surface area (Å²) in [6.07, 6.45) is 2.34. The maximum absolute atomic E-state index is 11.6. The van der Waals surface area contributed by atoms with Crippen molar-refractivity contribution in [1.82, 2.24) is 5.32 Å². The molecular formula is C17H21NO2S. The van der Waals surface area contributed by atoms with Crippen molar-refractivity contribution in [2.75, 3.05) is 12.8 Å². The van der Waals surface area contributed by atoms with Crippen LogP contribution in [0.25, 0.3) is 11.1 Å². The van der Waals surface area contributed by atoms with Crippen LogP contribution in [0.2, 0.25) is 0 Å². The molecule has 1 N–H and O–H groups in total. The molecule has 0 atom stereocenters. The maximum Gasteiger partial charge on any atom is 0.175 e. The standard InChI is InChI=1S/C17H21NO2S/c1-3-10-18-13-14-6-4-7-15(11-14)16-8-5-9-17(12-16)21(2,19)20/h4-9,11-12,18H,3,10,13H2,1-2H3. The van der Waals surface area contributed by atoms with Gasteiger partial charge in [0, 0.05) is 12.8 Å². The van der Waals surface area contributed by atoms with Crippen molar-refractivity contribution in [3.05, 3.63) is 54.1 Å². The van der Waals surface area contributed by atoms with E-state index < -0.39 is 9.84 Å². The molecule has 0 spiro atoms. The molecular weight excluding hydrogens is 282 g/mol. The van der Waals surface area contributed by atoms with Gasteiger partial charge in [0.25, 0.3) is 0 Å². The quantitative estimate of drug-likeness (QED) is 0.833. The number of hydrogen-bond donors (Lipinski definition) is 1. The first kappa shape index (κ1) is 15.7. The third kappa shape index (κ3) is 4.41. The minimum absolute atomic E-state index is 0.356. The minimum atomic E-state index is -3.17. The SMILES string of the molecule is CCCNCc1cccc(-c2cccc(S(C)(=O)=O)c2)c1. The van der Waals surface area contributed by atoms with Crippen LogP contribution in [0.3, 0.4) is 0 Å². The fraction of sp³-hybridized carbons (Fsp3) is 0.294. The number of rotatable bonds is 6. The Morgan fingerprint density at radius 2 is 1.67 bits per heavy atom. The third-order valence-corrected chi connectivity index (χ3v) is 4.39. The lowest BCUT2D eigenvalue weighted by Crippen LogP contribution is -2.13. The molecule has 0 fully saturated rings. The van der Waals surface area contributed by atoms with Gasteiger partial charge in [-0.05, 0) is 47.9 Å². The highest BCUT2D eigenvalue weighted by molar-refractivity contribution is 7.90. The summed E-state index contributed by atoms with van der Waals surface area (Å²) >= 11 is 0. The van der Waals surface area contributed by atoms with Gasteiger partial charge >= 0.3 is 0 Å².